The molecule has 0 radical (unpaired) electrons. The molecule has 1 aliphatic heterocycles. The van der Waals surface area contributed by atoms with Crippen molar-refractivity contribution in [2.75, 3.05) is 13.2 Å². The molecule has 2 amide bonds. The van der Waals surface area contributed by atoms with E-state index in [1.165, 1.54) is 0 Å². The van der Waals surface area contributed by atoms with Crippen LogP contribution in [0.1, 0.15) is 10.4 Å². The molecule has 0 aromatic heterocycles. The van der Waals surface area contributed by atoms with Crippen molar-refractivity contribution in [3.63, 3.8) is 0 Å². The maximum atomic E-state index is 12.2. The van der Waals surface area contributed by atoms with Gasteiger partial charge in [0.1, 0.15) is 6.61 Å². The van der Waals surface area contributed by atoms with E-state index >= 15 is 0 Å². The van der Waals surface area contributed by atoms with Crippen molar-refractivity contribution in [2.24, 2.45) is 0 Å². The Balaban J connectivity index is 1.27. The summed E-state index contributed by atoms with van der Waals surface area (Å²) >= 11 is 0. The van der Waals surface area contributed by atoms with Gasteiger partial charge in [-0.3, -0.25) is 14.9 Å². The van der Waals surface area contributed by atoms with E-state index in [2.05, 4.69) is 5.32 Å². The minimum absolute atomic E-state index is 0.0241. The highest BCUT2D eigenvalue weighted by Crippen LogP contribution is 2.30. The summed E-state index contributed by atoms with van der Waals surface area (Å²) in [5.41, 5.74) is 2.29. The molecule has 0 bridgehead atoms. The molecule has 3 aromatic carbocycles. The Kier molecular flexibility index (Phi) is 5.93. The molecular weight excluding hydrogens is 398 g/mol. The van der Waals surface area contributed by atoms with Gasteiger partial charge >= 0.3 is 5.97 Å². The molecule has 1 heterocycles. The van der Waals surface area contributed by atoms with Crippen LogP contribution in [0, 0.1) is 0 Å². The fraction of sp³-hybridized carbons (Fsp3) is 0.125. The lowest BCUT2D eigenvalue weighted by molar-refractivity contribution is -0.137. The van der Waals surface area contributed by atoms with E-state index in [1.807, 2.05) is 30.3 Å². The second-order valence-electron chi connectivity index (χ2n) is 6.80. The monoisotopic (exact) mass is 417 g/mol. The molecule has 7 nitrogen and oxygen atoms in total. The van der Waals surface area contributed by atoms with Crippen molar-refractivity contribution in [3.05, 3.63) is 84.4 Å². The highest BCUT2D eigenvalue weighted by Gasteiger charge is 2.28. The molecular formula is C24H19NO6. The predicted octanol–water partition coefficient (Wildman–Crippen LogP) is 2.99. The average Bonchev–Trinajstić information content (AvgIpc) is 2.83. The third kappa shape index (κ3) is 4.90. The number of benzene rings is 3. The Bertz CT molecular complexity index is 1090. The molecule has 0 saturated carbocycles. The van der Waals surface area contributed by atoms with E-state index in [0.717, 1.165) is 11.1 Å². The molecule has 0 unspecified atom stereocenters. The first kappa shape index (κ1) is 20.2. The van der Waals surface area contributed by atoms with Crippen molar-refractivity contribution in [2.45, 2.75) is 6.10 Å². The van der Waals surface area contributed by atoms with Crippen LogP contribution in [-0.2, 0) is 14.3 Å². The maximum Gasteiger partial charge on any atom is 0.338 e. The molecule has 4 rings (SSSR count). The second kappa shape index (κ2) is 9.13. The smallest absolute Gasteiger partial charge is 0.338 e. The number of para-hydroxylation sites is 2. The fourth-order valence-electron chi connectivity index (χ4n) is 3.05. The number of esters is 1. The lowest BCUT2D eigenvalue weighted by Gasteiger charge is -2.25. The second-order valence-corrected chi connectivity index (χ2v) is 6.80. The zero-order valence-corrected chi connectivity index (χ0v) is 16.4. The number of carbonyl (C=O) groups is 3. The standard InChI is InChI=1S/C24H19NO6/c26-22(25-23(27)21-14-29-19-8-4-5-9-20(19)31-21)15-30-24(28)18-12-10-17(11-13-18)16-6-2-1-3-7-16/h1-13,21H,14-15H2,(H,25,26,27)/t21-/m1/s1. The summed E-state index contributed by atoms with van der Waals surface area (Å²) in [4.78, 5) is 36.4. The van der Waals surface area contributed by atoms with Crippen LogP contribution in [0.15, 0.2) is 78.9 Å². The van der Waals surface area contributed by atoms with Gasteiger partial charge in [0.25, 0.3) is 11.8 Å². The fourth-order valence-corrected chi connectivity index (χ4v) is 3.05. The van der Waals surface area contributed by atoms with Crippen molar-refractivity contribution in [3.8, 4) is 22.6 Å². The molecule has 3 aromatic rings. The summed E-state index contributed by atoms with van der Waals surface area (Å²) in [5.74, 6) is -1.12. The van der Waals surface area contributed by atoms with Crippen LogP contribution >= 0.6 is 0 Å². The van der Waals surface area contributed by atoms with E-state index in [-0.39, 0.29) is 6.61 Å². The molecule has 0 aliphatic carbocycles. The van der Waals surface area contributed by atoms with Crippen molar-refractivity contribution in [1.29, 1.82) is 0 Å². The molecule has 0 saturated heterocycles. The first-order valence-electron chi connectivity index (χ1n) is 9.65. The number of nitrogens with one attached hydrogen (secondary N) is 1. The van der Waals surface area contributed by atoms with Crippen LogP contribution in [0.2, 0.25) is 0 Å². The molecule has 7 heteroatoms. The zero-order valence-electron chi connectivity index (χ0n) is 16.4. The predicted molar refractivity (Wildman–Crippen MR) is 112 cm³/mol. The molecule has 156 valence electrons. The van der Waals surface area contributed by atoms with E-state index in [1.54, 1.807) is 48.5 Å². The van der Waals surface area contributed by atoms with Gasteiger partial charge in [0.05, 0.1) is 5.56 Å². The SMILES string of the molecule is O=C(COC(=O)c1ccc(-c2ccccc2)cc1)NC(=O)[C@H]1COc2ccccc2O1. The Labute approximate surface area is 178 Å². The normalized spacial score (nSPS) is 14.4. The molecule has 1 atom stereocenters. The van der Waals surface area contributed by atoms with Crippen molar-refractivity contribution >= 4 is 17.8 Å². The Morgan fingerprint density at radius 1 is 0.839 bits per heavy atom. The quantitative estimate of drug-likeness (QED) is 0.642. The third-order valence-corrected chi connectivity index (χ3v) is 4.63. The van der Waals surface area contributed by atoms with Crippen LogP contribution in [-0.4, -0.2) is 37.1 Å². The topological polar surface area (TPSA) is 90.9 Å². The first-order valence-corrected chi connectivity index (χ1v) is 9.65. The Morgan fingerprint density at radius 3 is 2.23 bits per heavy atom. The van der Waals surface area contributed by atoms with Crippen LogP contribution in [0.25, 0.3) is 11.1 Å². The van der Waals surface area contributed by atoms with Crippen LogP contribution in [0.4, 0.5) is 0 Å². The van der Waals surface area contributed by atoms with Gasteiger partial charge in [-0.15, -0.1) is 0 Å². The van der Waals surface area contributed by atoms with Gasteiger partial charge in [0.15, 0.2) is 18.1 Å². The lowest BCUT2D eigenvalue weighted by atomic mass is 10.0. The number of imide groups is 1. The van der Waals surface area contributed by atoms with Gasteiger partial charge in [0.2, 0.25) is 6.10 Å². The van der Waals surface area contributed by atoms with E-state index in [4.69, 9.17) is 14.2 Å². The van der Waals surface area contributed by atoms with Gasteiger partial charge in [-0.2, -0.15) is 0 Å². The summed E-state index contributed by atoms with van der Waals surface area (Å²) in [7, 11) is 0. The summed E-state index contributed by atoms with van der Waals surface area (Å²) in [5, 5.41) is 2.16. The highest BCUT2D eigenvalue weighted by atomic mass is 16.6. The van der Waals surface area contributed by atoms with E-state index in [9.17, 15) is 14.4 Å². The van der Waals surface area contributed by atoms with Crippen molar-refractivity contribution < 1.29 is 28.6 Å². The molecule has 0 spiro atoms. The van der Waals surface area contributed by atoms with Crippen molar-refractivity contribution in [1.82, 2.24) is 5.32 Å². The summed E-state index contributed by atoms with van der Waals surface area (Å²) in [6.07, 6.45) is -0.972. The Morgan fingerprint density at radius 2 is 1.48 bits per heavy atom. The minimum atomic E-state index is -0.972. The van der Waals surface area contributed by atoms with Gasteiger partial charge in [0, 0.05) is 0 Å². The van der Waals surface area contributed by atoms with Gasteiger partial charge in [-0.25, -0.2) is 4.79 Å². The number of carbonyl (C=O) groups excluding carboxylic acids is 3. The molecule has 0 fully saturated rings. The number of fused-ring (bicyclic) bond motifs is 1. The van der Waals surface area contributed by atoms with Gasteiger partial charge in [-0.05, 0) is 35.4 Å². The van der Waals surface area contributed by atoms with E-state index < -0.39 is 30.5 Å². The largest absolute Gasteiger partial charge is 0.485 e. The van der Waals surface area contributed by atoms with Crippen LogP contribution < -0.4 is 14.8 Å². The number of amides is 2. The number of hydrogen-bond acceptors (Lipinski definition) is 6. The van der Waals surface area contributed by atoms with Crippen LogP contribution in [0.3, 0.4) is 0 Å². The molecule has 1 N–H and O–H groups in total. The Hall–Kier alpha value is -4.13. The molecule has 31 heavy (non-hydrogen) atoms. The zero-order chi connectivity index (χ0) is 21.6. The first-order chi connectivity index (χ1) is 15.1. The van der Waals surface area contributed by atoms with E-state index in [0.29, 0.717) is 17.1 Å². The summed E-state index contributed by atoms with van der Waals surface area (Å²) < 4.78 is 16.0. The van der Waals surface area contributed by atoms with Gasteiger partial charge < -0.3 is 14.2 Å². The highest BCUT2D eigenvalue weighted by molar-refractivity contribution is 5.99. The molecule has 1 aliphatic rings. The number of hydrogen-bond donors (Lipinski definition) is 1. The number of rotatable bonds is 5. The minimum Gasteiger partial charge on any atom is -0.485 e. The average molecular weight is 417 g/mol. The van der Waals surface area contributed by atoms with Crippen LogP contribution in [0.5, 0.6) is 11.5 Å². The lowest BCUT2D eigenvalue weighted by Crippen LogP contribution is -2.47. The summed E-state index contributed by atoms with van der Waals surface area (Å²) in [6.45, 7) is -0.612. The van der Waals surface area contributed by atoms with Gasteiger partial charge in [-0.1, -0.05) is 54.6 Å². The summed E-state index contributed by atoms with van der Waals surface area (Å²) in [6, 6.07) is 23.5. The number of ether oxygens (including phenoxy) is 3. The third-order valence-electron chi connectivity index (χ3n) is 4.63. The maximum absolute atomic E-state index is 12.2.